The lowest BCUT2D eigenvalue weighted by atomic mass is 10.0. The molecule has 0 aliphatic carbocycles. The Balaban J connectivity index is 1.39. The summed E-state index contributed by atoms with van der Waals surface area (Å²) in [4.78, 5) is 43.8. The number of nitrogens with two attached hydrogens (primary N) is 2. The SMILES string of the molecule is CCOC(=O)c1sc2nc(-c3cncc(-c4cc(-c5cccs5)c5c(N)c(C(=O)OCC)sc5n4)c3)cc(-c3cccs3)c2c1N. The fourth-order valence-electron chi connectivity index (χ4n) is 5.21. The highest BCUT2D eigenvalue weighted by Crippen LogP contribution is 2.45. The number of carbonyl (C=O) groups excluding carboxylic acids is 2. The van der Waals surface area contributed by atoms with E-state index >= 15 is 0 Å². The van der Waals surface area contributed by atoms with Gasteiger partial charge in [-0.3, -0.25) is 4.98 Å². The van der Waals surface area contributed by atoms with Gasteiger partial charge in [-0.15, -0.1) is 45.3 Å². The molecule has 0 atom stereocenters. The number of ether oxygens (including phenoxy) is 2. The second kappa shape index (κ2) is 12.2. The van der Waals surface area contributed by atoms with E-state index in [-0.39, 0.29) is 13.2 Å². The number of nitrogens with zero attached hydrogens (tertiary/aromatic N) is 3. The first-order valence-electron chi connectivity index (χ1n) is 14.2. The summed E-state index contributed by atoms with van der Waals surface area (Å²) < 4.78 is 10.5. The lowest BCUT2D eigenvalue weighted by Gasteiger charge is -2.10. The van der Waals surface area contributed by atoms with Gasteiger partial charge in [-0.1, -0.05) is 12.1 Å². The van der Waals surface area contributed by atoms with Gasteiger partial charge in [-0.25, -0.2) is 19.6 Å². The molecule has 0 aromatic carbocycles. The van der Waals surface area contributed by atoms with Gasteiger partial charge in [0.05, 0.1) is 36.0 Å². The quantitative estimate of drug-likeness (QED) is 0.150. The number of rotatable bonds is 8. The van der Waals surface area contributed by atoms with Crippen LogP contribution in [-0.2, 0) is 9.47 Å². The highest BCUT2D eigenvalue weighted by molar-refractivity contribution is 7.22. The van der Waals surface area contributed by atoms with Crippen molar-refractivity contribution in [3.8, 4) is 43.4 Å². The van der Waals surface area contributed by atoms with Crippen LogP contribution in [0.2, 0.25) is 0 Å². The van der Waals surface area contributed by atoms with Crippen LogP contribution in [0.5, 0.6) is 0 Å². The largest absolute Gasteiger partial charge is 0.462 e. The van der Waals surface area contributed by atoms with Crippen molar-refractivity contribution in [2.24, 2.45) is 0 Å². The van der Waals surface area contributed by atoms with E-state index in [0.29, 0.717) is 42.2 Å². The van der Waals surface area contributed by atoms with Crippen LogP contribution in [-0.4, -0.2) is 40.1 Å². The summed E-state index contributed by atoms with van der Waals surface area (Å²) in [5, 5.41) is 5.44. The minimum atomic E-state index is -0.464. The second-order valence-electron chi connectivity index (χ2n) is 10.0. The van der Waals surface area contributed by atoms with E-state index in [2.05, 4.69) is 4.98 Å². The minimum absolute atomic E-state index is 0.248. The van der Waals surface area contributed by atoms with Gasteiger partial charge in [0.2, 0.25) is 0 Å². The molecule has 0 fully saturated rings. The Hall–Kier alpha value is -4.69. The first-order valence-corrected chi connectivity index (χ1v) is 17.6. The van der Waals surface area contributed by atoms with Crippen molar-refractivity contribution in [1.82, 2.24) is 15.0 Å². The summed E-state index contributed by atoms with van der Waals surface area (Å²) in [6.07, 6.45) is 3.50. The molecule has 230 valence electrons. The Labute approximate surface area is 279 Å². The molecular formula is C33H25N5O4S4. The first-order chi connectivity index (χ1) is 22.4. The number of esters is 2. The first kappa shape index (κ1) is 30.0. The van der Waals surface area contributed by atoms with Gasteiger partial charge in [0.25, 0.3) is 0 Å². The number of fused-ring (bicyclic) bond motifs is 2. The molecule has 7 rings (SSSR count). The van der Waals surface area contributed by atoms with Gasteiger partial charge in [-0.2, -0.15) is 0 Å². The smallest absolute Gasteiger partial charge is 0.350 e. The number of anilines is 2. The standard InChI is InChI=1S/C33H25N5O4S4/c1-3-41-32(39)28-26(34)24-18(22-7-5-9-43-22)12-20(37-30(24)45-28)16-11-17(15-36-14-16)21-13-19(23-8-6-10-44-23)25-27(35)29(33(40)42-4-2)46-31(25)38-21/h5-15H,3-4,34-35H2,1-2H3. The molecule has 0 saturated heterocycles. The molecule has 0 spiro atoms. The molecule has 13 heteroatoms. The van der Waals surface area contributed by atoms with Crippen LogP contribution in [0.1, 0.15) is 33.2 Å². The van der Waals surface area contributed by atoms with E-state index in [9.17, 15) is 9.59 Å². The van der Waals surface area contributed by atoms with Gasteiger partial charge in [-0.05, 0) is 54.9 Å². The zero-order valence-electron chi connectivity index (χ0n) is 24.5. The van der Waals surface area contributed by atoms with Crippen LogP contribution in [0.3, 0.4) is 0 Å². The summed E-state index contributed by atoms with van der Waals surface area (Å²) in [5.74, 6) is -0.928. The van der Waals surface area contributed by atoms with Crippen molar-refractivity contribution in [1.29, 1.82) is 0 Å². The molecule has 0 unspecified atom stereocenters. The Morgan fingerprint density at radius 3 is 1.57 bits per heavy atom. The number of hydrogen-bond donors (Lipinski definition) is 2. The lowest BCUT2D eigenvalue weighted by Crippen LogP contribution is -2.04. The summed E-state index contributed by atoms with van der Waals surface area (Å²) in [5.41, 5.74) is 18.4. The number of thiophene rings is 4. The average Bonchev–Trinajstić information content (AvgIpc) is 3.88. The molecular weight excluding hydrogens is 659 g/mol. The molecule has 0 radical (unpaired) electrons. The number of hydrogen-bond acceptors (Lipinski definition) is 13. The maximum absolute atomic E-state index is 12.7. The van der Waals surface area contributed by atoms with E-state index in [4.69, 9.17) is 30.9 Å². The van der Waals surface area contributed by atoms with Gasteiger partial charge in [0.1, 0.15) is 19.4 Å². The Kier molecular flexibility index (Phi) is 7.99. The van der Waals surface area contributed by atoms with Crippen molar-refractivity contribution in [3.05, 3.63) is 75.4 Å². The molecule has 46 heavy (non-hydrogen) atoms. The van der Waals surface area contributed by atoms with Crippen molar-refractivity contribution in [2.75, 3.05) is 24.7 Å². The van der Waals surface area contributed by atoms with Crippen molar-refractivity contribution in [2.45, 2.75) is 13.8 Å². The van der Waals surface area contributed by atoms with Crippen molar-refractivity contribution < 1.29 is 19.1 Å². The van der Waals surface area contributed by atoms with Gasteiger partial charge in [0, 0.05) is 55.2 Å². The lowest BCUT2D eigenvalue weighted by molar-refractivity contribution is 0.0523. The van der Waals surface area contributed by atoms with E-state index < -0.39 is 11.9 Å². The second-order valence-corrected chi connectivity index (χ2v) is 13.9. The van der Waals surface area contributed by atoms with Crippen LogP contribution >= 0.6 is 45.3 Å². The van der Waals surface area contributed by atoms with Crippen LogP contribution in [0, 0.1) is 0 Å². The normalized spacial score (nSPS) is 11.3. The molecule has 7 aromatic heterocycles. The molecule has 0 bridgehead atoms. The molecule has 9 nitrogen and oxygen atoms in total. The maximum atomic E-state index is 12.7. The predicted molar refractivity (Wildman–Crippen MR) is 189 cm³/mol. The maximum Gasteiger partial charge on any atom is 0.350 e. The number of pyridine rings is 3. The fourth-order valence-corrected chi connectivity index (χ4v) is 8.73. The molecule has 7 aromatic rings. The third kappa shape index (κ3) is 5.20. The van der Waals surface area contributed by atoms with E-state index in [1.54, 1.807) is 48.9 Å². The van der Waals surface area contributed by atoms with E-state index in [1.807, 2.05) is 53.2 Å². The summed E-state index contributed by atoms with van der Waals surface area (Å²) in [7, 11) is 0. The summed E-state index contributed by atoms with van der Waals surface area (Å²) in [6.45, 7) is 4.02. The highest BCUT2D eigenvalue weighted by atomic mass is 32.1. The third-order valence-corrected chi connectivity index (χ3v) is 11.2. The predicted octanol–water partition coefficient (Wildman–Crippen LogP) is 8.61. The molecule has 4 N–H and O–H groups in total. The number of aromatic nitrogens is 3. The van der Waals surface area contributed by atoms with Crippen LogP contribution in [0.15, 0.2) is 65.6 Å². The molecule has 7 heterocycles. The highest BCUT2D eigenvalue weighted by Gasteiger charge is 2.25. The van der Waals surface area contributed by atoms with Crippen molar-refractivity contribution in [3.63, 3.8) is 0 Å². The zero-order chi connectivity index (χ0) is 31.9. The summed E-state index contributed by atoms with van der Waals surface area (Å²) in [6, 6.07) is 13.9. The van der Waals surface area contributed by atoms with Gasteiger partial charge in [0.15, 0.2) is 0 Å². The minimum Gasteiger partial charge on any atom is -0.462 e. The zero-order valence-corrected chi connectivity index (χ0v) is 27.8. The number of nitrogen functional groups attached to an aromatic ring is 2. The molecule has 0 aliphatic rings. The van der Waals surface area contributed by atoms with Crippen LogP contribution < -0.4 is 11.5 Å². The average molecular weight is 684 g/mol. The van der Waals surface area contributed by atoms with Crippen molar-refractivity contribution >= 4 is 89.1 Å². The Morgan fingerprint density at radius 2 is 1.17 bits per heavy atom. The number of carbonyl (C=O) groups is 2. The molecule has 0 aliphatic heterocycles. The Morgan fingerprint density at radius 1 is 0.717 bits per heavy atom. The van der Waals surface area contributed by atoms with Gasteiger partial charge < -0.3 is 20.9 Å². The Bertz CT molecular complexity index is 2100. The van der Waals surface area contributed by atoms with Crippen LogP contribution in [0.4, 0.5) is 11.4 Å². The van der Waals surface area contributed by atoms with Crippen LogP contribution in [0.25, 0.3) is 63.8 Å². The fraction of sp³-hybridized carbons (Fsp3) is 0.121. The topological polar surface area (TPSA) is 143 Å². The molecule has 0 amide bonds. The third-order valence-electron chi connectivity index (χ3n) is 7.22. The van der Waals surface area contributed by atoms with E-state index in [0.717, 1.165) is 42.8 Å². The molecule has 0 saturated carbocycles. The summed E-state index contributed by atoms with van der Waals surface area (Å²) >= 11 is 5.59. The van der Waals surface area contributed by atoms with E-state index in [1.165, 1.54) is 22.7 Å². The monoisotopic (exact) mass is 683 g/mol. The van der Waals surface area contributed by atoms with Gasteiger partial charge >= 0.3 is 11.9 Å².